The van der Waals surface area contributed by atoms with Crippen molar-refractivity contribution < 1.29 is 14.3 Å². The lowest BCUT2D eigenvalue weighted by atomic mass is 10.2. The highest BCUT2D eigenvalue weighted by molar-refractivity contribution is 5.69. The average molecular weight is 298 g/mol. The first-order chi connectivity index (χ1) is 10.3. The van der Waals surface area contributed by atoms with Gasteiger partial charge in [0, 0.05) is 32.1 Å². The molecular weight excluding hydrogens is 268 g/mol. The molecule has 2 aliphatic rings. The van der Waals surface area contributed by atoms with E-state index in [1.807, 2.05) is 6.92 Å². The van der Waals surface area contributed by atoms with Gasteiger partial charge in [-0.15, -0.1) is 0 Å². The van der Waals surface area contributed by atoms with Crippen LogP contribution in [0.3, 0.4) is 0 Å². The Morgan fingerprint density at radius 3 is 2.76 bits per heavy atom. The Hall–Kier alpha value is -0.650. The fourth-order valence-corrected chi connectivity index (χ4v) is 3.27. The second kappa shape index (κ2) is 9.38. The van der Waals surface area contributed by atoms with Gasteiger partial charge in [-0.1, -0.05) is 6.42 Å². The van der Waals surface area contributed by atoms with Crippen molar-refractivity contribution in [3.63, 3.8) is 0 Å². The maximum absolute atomic E-state index is 11.2. The highest BCUT2D eigenvalue weighted by atomic mass is 16.5. The molecule has 0 bridgehead atoms. The third kappa shape index (κ3) is 5.93. The minimum absolute atomic E-state index is 0.0500. The van der Waals surface area contributed by atoms with Gasteiger partial charge in [-0.05, 0) is 39.3 Å². The van der Waals surface area contributed by atoms with Crippen LogP contribution in [0.2, 0.25) is 0 Å². The first kappa shape index (κ1) is 16.7. The molecule has 0 aliphatic carbocycles. The van der Waals surface area contributed by atoms with Gasteiger partial charge in [0.2, 0.25) is 0 Å². The van der Waals surface area contributed by atoms with Crippen molar-refractivity contribution in [2.45, 2.75) is 45.1 Å². The number of likely N-dealkylation sites (tertiary alicyclic amines) is 1. The molecule has 0 N–H and O–H groups in total. The molecule has 0 saturated carbocycles. The van der Waals surface area contributed by atoms with Crippen molar-refractivity contribution in [2.75, 3.05) is 52.5 Å². The molecule has 5 heteroatoms. The van der Waals surface area contributed by atoms with Crippen LogP contribution in [0.25, 0.3) is 0 Å². The predicted molar refractivity (Wildman–Crippen MR) is 82.3 cm³/mol. The van der Waals surface area contributed by atoms with Crippen molar-refractivity contribution in [2.24, 2.45) is 0 Å². The number of esters is 1. The predicted octanol–water partition coefficient (Wildman–Crippen LogP) is 1.52. The van der Waals surface area contributed by atoms with Gasteiger partial charge in [0.1, 0.15) is 0 Å². The molecule has 2 heterocycles. The van der Waals surface area contributed by atoms with Crippen LogP contribution in [0.5, 0.6) is 0 Å². The fraction of sp³-hybridized carbons (Fsp3) is 0.938. The molecule has 2 fully saturated rings. The molecule has 21 heavy (non-hydrogen) atoms. The van der Waals surface area contributed by atoms with E-state index in [0.29, 0.717) is 13.0 Å². The van der Waals surface area contributed by atoms with Gasteiger partial charge < -0.3 is 14.4 Å². The normalized spacial score (nSPS) is 24.3. The summed E-state index contributed by atoms with van der Waals surface area (Å²) in [6.45, 7) is 9.93. The minimum atomic E-state index is -0.0500. The van der Waals surface area contributed by atoms with E-state index in [-0.39, 0.29) is 5.97 Å². The van der Waals surface area contributed by atoms with E-state index in [0.717, 1.165) is 45.2 Å². The van der Waals surface area contributed by atoms with Crippen molar-refractivity contribution in [3.05, 3.63) is 0 Å². The number of ether oxygens (including phenoxy) is 2. The Labute approximate surface area is 128 Å². The van der Waals surface area contributed by atoms with Gasteiger partial charge in [0.15, 0.2) is 0 Å². The van der Waals surface area contributed by atoms with Gasteiger partial charge in [-0.25, -0.2) is 0 Å². The van der Waals surface area contributed by atoms with Gasteiger partial charge in [0.25, 0.3) is 0 Å². The number of hydrogen-bond acceptors (Lipinski definition) is 5. The molecule has 0 aromatic heterocycles. The summed E-state index contributed by atoms with van der Waals surface area (Å²) in [6.07, 6.45) is 5.14. The topological polar surface area (TPSA) is 42.0 Å². The lowest BCUT2D eigenvalue weighted by Crippen LogP contribution is -2.44. The summed E-state index contributed by atoms with van der Waals surface area (Å²) in [5, 5.41) is 0. The molecule has 0 aromatic rings. The summed E-state index contributed by atoms with van der Waals surface area (Å²) in [5.74, 6) is -0.0500. The quantitative estimate of drug-likeness (QED) is 0.502. The van der Waals surface area contributed by atoms with Crippen LogP contribution in [0.1, 0.15) is 39.0 Å². The van der Waals surface area contributed by atoms with Gasteiger partial charge >= 0.3 is 5.97 Å². The standard InChI is InChI=1S/C16H30N2O3/c1-2-21-16(19)6-4-3-5-8-17-9-7-15(14-17)18-10-12-20-13-11-18/h15H,2-14H2,1H3. The third-order valence-corrected chi connectivity index (χ3v) is 4.47. The van der Waals surface area contributed by atoms with Crippen LogP contribution in [0.4, 0.5) is 0 Å². The molecular formula is C16H30N2O3. The summed E-state index contributed by atoms with van der Waals surface area (Å²) >= 11 is 0. The largest absolute Gasteiger partial charge is 0.466 e. The van der Waals surface area contributed by atoms with E-state index in [1.165, 1.54) is 32.5 Å². The van der Waals surface area contributed by atoms with Gasteiger partial charge in [-0.2, -0.15) is 0 Å². The van der Waals surface area contributed by atoms with E-state index in [1.54, 1.807) is 0 Å². The Bertz CT molecular complexity index is 306. The Kier molecular flexibility index (Phi) is 7.47. The van der Waals surface area contributed by atoms with Crippen LogP contribution >= 0.6 is 0 Å². The lowest BCUT2D eigenvalue weighted by molar-refractivity contribution is -0.143. The summed E-state index contributed by atoms with van der Waals surface area (Å²) in [7, 11) is 0. The maximum atomic E-state index is 11.2. The van der Waals surface area contributed by atoms with Crippen LogP contribution in [-0.4, -0.2) is 74.4 Å². The zero-order valence-electron chi connectivity index (χ0n) is 13.4. The van der Waals surface area contributed by atoms with E-state index in [4.69, 9.17) is 9.47 Å². The number of carbonyl (C=O) groups is 1. The summed E-state index contributed by atoms with van der Waals surface area (Å²) in [6, 6.07) is 0.730. The maximum Gasteiger partial charge on any atom is 0.305 e. The monoisotopic (exact) mass is 298 g/mol. The average Bonchev–Trinajstić information content (AvgIpc) is 2.97. The molecule has 122 valence electrons. The molecule has 2 rings (SSSR count). The number of nitrogens with zero attached hydrogens (tertiary/aromatic N) is 2. The molecule has 0 spiro atoms. The smallest absolute Gasteiger partial charge is 0.305 e. The SMILES string of the molecule is CCOC(=O)CCCCCN1CCC(N2CCOCC2)C1. The van der Waals surface area contributed by atoms with Crippen molar-refractivity contribution >= 4 is 5.97 Å². The second-order valence-corrected chi connectivity index (χ2v) is 6.01. The summed E-state index contributed by atoms with van der Waals surface area (Å²) < 4.78 is 10.4. The minimum Gasteiger partial charge on any atom is -0.466 e. The number of unbranched alkanes of at least 4 members (excludes halogenated alkanes) is 2. The molecule has 2 saturated heterocycles. The molecule has 0 radical (unpaired) electrons. The van der Waals surface area contributed by atoms with E-state index in [9.17, 15) is 4.79 Å². The van der Waals surface area contributed by atoms with Crippen molar-refractivity contribution in [1.29, 1.82) is 0 Å². The third-order valence-electron chi connectivity index (χ3n) is 4.47. The number of hydrogen-bond donors (Lipinski definition) is 0. The highest BCUT2D eigenvalue weighted by Gasteiger charge is 2.28. The zero-order chi connectivity index (χ0) is 14.9. The highest BCUT2D eigenvalue weighted by Crippen LogP contribution is 2.17. The summed E-state index contributed by atoms with van der Waals surface area (Å²) in [4.78, 5) is 16.4. The van der Waals surface area contributed by atoms with E-state index in [2.05, 4.69) is 9.80 Å². The number of morpholine rings is 1. The van der Waals surface area contributed by atoms with E-state index >= 15 is 0 Å². The van der Waals surface area contributed by atoms with E-state index < -0.39 is 0 Å². The second-order valence-electron chi connectivity index (χ2n) is 6.01. The molecule has 2 aliphatic heterocycles. The van der Waals surface area contributed by atoms with Crippen LogP contribution < -0.4 is 0 Å². The first-order valence-electron chi connectivity index (χ1n) is 8.49. The van der Waals surface area contributed by atoms with Crippen molar-refractivity contribution in [3.8, 4) is 0 Å². The Morgan fingerprint density at radius 2 is 2.00 bits per heavy atom. The number of carbonyl (C=O) groups excluding carboxylic acids is 1. The Balaban J connectivity index is 1.51. The lowest BCUT2D eigenvalue weighted by Gasteiger charge is -2.32. The number of rotatable bonds is 8. The van der Waals surface area contributed by atoms with Gasteiger partial charge in [-0.3, -0.25) is 9.69 Å². The Morgan fingerprint density at radius 1 is 1.19 bits per heavy atom. The fourth-order valence-electron chi connectivity index (χ4n) is 3.27. The zero-order valence-corrected chi connectivity index (χ0v) is 13.4. The van der Waals surface area contributed by atoms with Gasteiger partial charge in [0.05, 0.1) is 19.8 Å². The summed E-state index contributed by atoms with van der Waals surface area (Å²) in [5.41, 5.74) is 0. The molecule has 1 atom stereocenters. The first-order valence-corrected chi connectivity index (χ1v) is 8.49. The van der Waals surface area contributed by atoms with Crippen LogP contribution in [-0.2, 0) is 14.3 Å². The molecule has 1 unspecified atom stereocenters. The van der Waals surface area contributed by atoms with Crippen LogP contribution in [0.15, 0.2) is 0 Å². The molecule has 5 nitrogen and oxygen atoms in total. The molecule has 0 aromatic carbocycles. The van der Waals surface area contributed by atoms with Crippen LogP contribution in [0, 0.1) is 0 Å². The van der Waals surface area contributed by atoms with Crippen molar-refractivity contribution in [1.82, 2.24) is 9.80 Å². The molecule has 0 amide bonds.